The molecule has 2 unspecified atom stereocenters. The molecule has 4 heteroatoms. The van der Waals surface area contributed by atoms with Crippen molar-refractivity contribution in [3.05, 3.63) is 10.1 Å². The lowest BCUT2D eigenvalue weighted by molar-refractivity contribution is -0.523. The summed E-state index contributed by atoms with van der Waals surface area (Å²) in [6.45, 7) is 0. The first-order valence-corrected chi connectivity index (χ1v) is 6.93. The van der Waals surface area contributed by atoms with Gasteiger partial charge in [-0.3, -0.25) is 10.1 Å². The lowest BCUT2D eigenvalue weighted by Crippen LogP contribution is -2.30. The van der Waals surface area contributed by atoms with E-state index in [1.807, 2.05) is 0 Å². The van der Waals surface area contributed by atoms with E-state index in [0.717, 1.165) is 25.7 Å². The normalized spacial score (nSPS) is 30.1. The van der Waals surface area contributed by atoms with Crippen LogP contribution in [0.4, 0.5) is 0 Å². The van der Waals surface area contributed by atoms with Crippen LogP contribution in [0.25, 0.3) is 0 Å². The second kappa shape index (κ2) is 7.88. The van der Waals surface area contributed by atoms with E-state index >= 15 is 0 Å². The molecule has 16 heavy (non-hydrogen) atoms. The highest BCUT2D eigenvalue weighted by atomic mass is 35.5. The third kappa shape index (κ3) is 5.15. The van der Waals surface area contributed by atoms with Gasteiger partial charge in [0.05, 0.1) is 0 Å². The second-order valence-corrected chi connectivity index (χ2v) is 5.34. The molecule has 3 nitrogen and oxygen atoms in total. The molecule has 0 spiro atoms. The van der Waals surface area contributed by atoms with Crippen LogP contribution in [0.3, 0.4) is 0 Å². The molecule has 0 radical (unpaired) electrons. The molecule has 1 saturated carbocycles. The number of hydrogen-bond acceptors (Lipinski definition) is 2. The summed E-state index contributed by atoms with van der Waals surface area (Å²) >= 11 is 6.13. The fourth-order valence-corrected chi connectivity index (χ4v) is 2.74. The summed E-state index contributed by atoms with van der Waals surface area (Å²) in [5, 5.41) is 10.6. The van der Waals surface area contributed by atoms with Crippen LogP contribution in [0.5, 0.6) is 0 Å². The quantitative estimate of drug-likeness (QED) is 0.397. The van der Waals surface area contributed by atoms with Gasteiger partial charge in [0, 0.05) is 11.3 Å². The molecular formula is C12H22ClNO2. The fraction of sp³-hybridized carbons (Fsp3) is 1.00. The van der Waals surface area contributed by atoms with E-state index in [2.05, 4.69) is 0 Å². The average molecular weight is 248 g/mol. The second-order valence-electron chi connectivity index (χ2n) is 4.77. The summed E-state index contributed by atoms with van der Waals surface area (Å²) in [7, 11) is 0. The van der Waals surface area contributed by atoms with E-state index in [4.69, 9.17) is 11.6 Å². The molecule has 0 bridgehead atoms. The Morgan fingerprint density at radius 1 is 0.875 bits per heavy atom. The molecule has 1 aliphatic carbocycles. The first kappa shape index (κ1) is 13.8. The molecule has 0 heterocycles. The number of nitro groups is 1. The highest BCUT2D eigenvalue weighted by Crippen LogP contribution is 2.22. The third-order valence-electron chi connectivity index (χ3n) is 3.42. The minimum Gasteiger partial charge on any atom is -0.264 e. The highest BCUT2D eigenvalue weighted by Gasteiger charge is 2.28. The van der Waals surface area contributed by atoms with Gasteiger partial charge >= 0.3 is 0 Å². The summed E-state index contributed by atoms with van der Waals surface area (Å²) < 4.78 is 0. The Morgan fingerprint density at radius 3 is 1.81 bits per heavy atom. The van der Waals surface area contributed by atoms with E-state index < -0.39 is 6.04 Å². The van der Waals surface area contributed by atoms with Crippen molar-refractivity contribution < 1.29 is 4.92 Å². The largest absolute Gasteiger partial charge is 0.264 e. The summed E-state index contributed by atoms with van der Waals surface area (Å²) in [6.07, 6.45) is 10.8. The number of hydrogen-bond donors (Lipinski definition) is 0. The number of alkyl halides is 1. The predicted octanol–water partition coefficient (Wildman–Crippen LogP) is 4.15. The van der Waals surface area contributed by atoms with E-state index in [1.54, 1.807) is 0 Å². The van der Waals surface area contributed by atoms with Crippen molar-refractivity contribution in [3.63, 3.8) is 0 Å². The average Bonchev–Trinajstić information content (AvgIpc) is 2.22. The van der Waals surface area contributed by atoms with Crippen molar-refractivity contribution in [3.8, 4) is 0 Å². The van der Waals surface area contributed by atoms with Crippen LogP contribution in [-0.2, 0) is 0 Å². The lowest BCUT2D eigenvalue weighted by atomic mass is 9.98. The van der Waals surface area contributed by atoms with Crippen molar-refractivity contribution >= 4 is 11.6 Å². The molecule has 1 fully saturated rings. The van der Waals surface area contributed by atoms with Crippen molar-refractivity contribution in [2.24, 2.45) is 0 Å². The van der Waals surface area contributed by atoms with Crippen molar-refractivity contribution in [1.82, 2.24) is 0 Å². The van der Waals surface area contributed by atoms with Gasteiger partial charge in [-0.05, 0) is 12.8 Å². The molecule has 1 aliphatic rings. The van der Waals surface area contributed by atoms with Gasteiger partial charge in [-0.1, -0.05) is 44.9 Å². The predicted molar refractivity (Wildman–Crippen MR) is 66.6 cm³/mol. The van der Waals surface area contributed by atoms with E-state index in [0.29, 0.717) is 6.42 Å². The molecule has 1 rings (SSSR count). The summed E-state index contributed by atoms with van der Waals surface area (Å²) in [6, 6.07) is -0.527. The molecule has 2 atom stereocenters. The van der Waals surface area contributed by atoms with Crippen LogP contribution in [0.2, 0.25) is 0 Å². The zero-order valence-electron chi connectivity index (χ0n) is 9.87. The third-order valence-corrected chi connectivity index (χ3v) is 3.93. The standard InChI is InChI=1S/C12H22ClNO2/c13-11-9-7-5-3-1-2-4-6-8-10-12(11)14(15)16/h11-12H,1-10H2. The van der Waals surface area contributed by atoms with E-state index in [1.165, 1.54) is 32.1 Å². The topological polar surface area (TPSA) is 43.1 Å². The van der Waals surface area contributed by atoms with Gasteiger partial charge in [0.15, 0.2) is 0 Å². The van der Waals surface area contributed by atoms with Gasteiger partial charge in [-0.25, -0.2) is 0 Å². The Morgan fingerprint density at radius 2 is 1.31 bits per heavy atom. The molecule has 0 amide bonds. The highest BCUT2D eigenvalue weighted by molar-refractivity contribution is 6.21. The van der Waals surface area contributed by atoms with Crippen molar-refractivity contribution in [2.75, 3.05) is 0 Å². The zero-order chi connectivity index (χ0) is 11.8. The molecule has 0 aromatic rings. The number of nitrogens with zero attached hydrogens (tertiary/aromatic N) is 1. The summed E-state index contributed by atoms with van der Waals surface area (Å²) in [5.74, 6) is 0. The molecule has 0 aromatic heterocycles. The zero-order valence-corrected chi connectivity index (χ0v) is 10.6. The summed E-state index contributed by atoms with van der Waals surface area (Å²) in [5.41, 5.74) is 0. The number of rotatable bonds is 1. The van der Waals surface area contributed by atoms with E-state index in [-0.39, 0.29) is 10.3 Å². The Hall–Kier alpha value is -0.310. The SMILES string of the molecule is O=[N+]([O-])C1CCCCCCCCCCC1Cl. The molecule has 0 N–H and O–H groups in total. The molecular weight excluding hydrogens is 226 g/mol. The van der Waals surface area contributed by atoms with Crippen molar-refractivity contribution in [1.29, 1.82) is 0 Å². The van der Waals surface area contributed by atoms with Crippen LogP contribution in [-0.4, -0.2) is 16.3 Å². The van der Waals surface area contributed by atoms with Crippen molar-refractivity contribution in [2.45, 2.75) is 75.6 Å². The molecule has 94 valence electrons. The van der Waals surface area contributed by atoms with Gasteiger partial charge in [0.25, 0.3) is 0 Å². The van der Waals surface area contributed by atoms with Gasteiger partial charge in [0.2, 0.25) is 6.04 Å². The monoisotopic (exact) mass is 247 g/mol. The van der Waals surface area contributed by atoms with Crippen LogP contribution in [0.1, 0.15) is 64.2 Å². The minimum absolute atomic E-state index is 0.177. The Balaban J connectivity index is 2.43. The first-order chi connectivity index (χ1) is 7.72. The van der Waals surface area contributed by atoms with Gasteiger partial charge < -0.3 is 0 Å². The van der Waals surface area contributed by atoms with Crippen LogP contribution in [0.15, 0.2) is 0 Å². The maximum Gasteiger partial charge on any atom is 0.229 e. The number of halogens is 1. The molecule has 0 aliphatic heterocycles. The van der Waals surface area contributed by atoms with E-state index in [9.17, 15) is 10.1 Å². The summed E-state index contributed by atoms with van der Waals surface area (Å²) in [4.78, 5) is 10.7. The van der Waals surface area contributed by atoms with Crippen LogP contribution in [0, 0.1) is 10.1 Å². The van der Waals surface area contributed by atoms with Gasteiger partial charge in [0.1, 0.15) is 5.38 Å². The Labute approximate surface area is 103 Å². The molecule has 0 aromatic carbocycles. The van der Waals surface area contributed by atoms with Gasteiger partial charge in [-0.15, -0.1) is 11.6 Å². The molecule has 0 saturated heterocycles. The smallest absolute Gasteiger partial charge is 0.229 e. The first-order valence-electron chi connectivity index (χ1n) is 6.49. The van der Waals surface area contributed by atoms with Gasteiger partial charge in [-0.2, -0.15) is 0 Å². The fourth-order valence-electron chi connectivity index (χ4n) is 2.36. The van der Waals surface area contributed by atoms with Crippen LogP contribution < -0.4 is 0 Å². The maximum absolute atomic E-state index is 10.9. The van der Waals surface area contributed by atoms with Crippen LogP contribution >= 0.6 is 11.6 Å². The Bertz CT molecular complexity index is 211. The Kier molecular flexibility index (Phi) is 6.78. The minimum atomic E-state index is -0.527. The lowest BCUT2D eigenvalue weighted by Gasteiger charge is -2.16. The maximum atomic E-state index is 10.9.